The summed E-state index contributed by atoms with van der Waals surface area (Å²) < 4.78 is 5.56. The summed E-state index contributed by atoms with van der Waals surface area (Å²) in [5.74, 6) is -1.06. The lowest BCUT2D eigenvalue weighted by molar-refractivity contribution is -0.0545. The molecule has 0 spiro atoms. The van der Waals surface area contributed by atoms with E-state index >= 15 is 0 Å². The van der Waals surface area contributed by atoms with Crippen LogP contribution in [0.1, 0.15) is 29.3 Å². The fourth-order valence-electron chi connectivity index (χ4n) is 2.10. The van der Waals surface area contributed by atoms with Crippen LogP contribution in [-0.2, 0) is 11.3 Å². The molecule has 110 valence electrons. The van der Waals surface area contributed by atoms with Crippen LogP contribution in [0.4, 0.5) is 4.79 Å². The van der Waals surface area contributed by atoms with Crippen LogP contribution >= 0.6 is 11.3 Å². The number of ether oxygens (including phenoxy) is 1. The number of carbonyl (C=O) groups excluding carboxylic acids is 1. The van der Waals surface area contributed by atoms with E-state index in [1.807, 2.05) is 13.8 Å². The SMILES string of the molecule is C[C@@H]1CN(C(=O)NCc2nc(C(=O)O)cs2)C[C@H](C)O1. The van der Waals surface area contributed by atoms with Crippen molar-refractivity contribution in [3.05, 3.63) is 16.1 Å². The van der Waals surface area contributed by atoms with E-state index < -0.39 is 5.97 Å². The first kappa shape index (κ1) is 14.7. The van der Waals surface area contributed by atoms with Crippen molar-refractivity contribution in [3.63, 3.8) is 0 Å². The third-order valence-electron chi connectivity index (χ3n) is 2.87. The van der Waals surface area contributed by atoms with Gasteiger partial charge in [-0.2, -0.15) is 0 Å². The second kappa shape index (κ2) is 6.19. The fraction of sp³-hybridized carbons (Fsp3) is 0.583. The number of nitrogens with one attached hydrogen (secondary N) is 1. The van der Waals surface area contributed by atoms with Crippen LogP contribution in [-0.4, -0.2) is 52.3 Å². The molecule has 2 atom stereocenters. The zero-order valence-corrected chi connectivity index (χ0v) is 12.1. The highest BCUT2D eigenvalue weighted by Crippen LogP contribution is 2.12. The molecule has 8 heteroatoms. The Hall–Kier alpha value is -1.67. The Morgan fingerprint density at radius 1 is 1.50 bits per heavy atom. The largest absolute Gasteiger partial charge is 0.476 e. The Kier molecular flexibility index (Phi) is 4.56. The van der Waals surface area contributed by atoms with Crippen molar-refractivity contribution in [2.24, 2.45) is 0 Å². The number of aromatic carboxylic acids is 1. The number of rotatable bonds is 3. The summed E-state index contributed by atoms with van der Waals surface area (Å²) in [5.41, 5.74) is 0.00728. The molecule has 0 aliphatic carbocycles. The van der Waals surface area contributed by atoms with Gasteiger partial charge in [0, 0.05) is 18.5 Å². The lowest BCUT2D eigenvalue weighted by Crippen LogP contribution is -2.51. The number of carboxylic acids is 1. The number of hydrogen-bond donors (Lipinski definition) is 2. The molecule has 1 aliphatic heterocycles. The predicted octanol–water partition coefficient (Wildman–Crippen LogP) is 1.16. The molecular weight excluding hydrogens is 282 g/mol. The van der Waals surface area contributed by atoms with Gasteiger partial charge in [0.2, 0.25) is 0 Å². The van der Waals surface area contributed by atoms with Crippen LogP contribution in [0, 0.1) is 0 Å². The molecule has 1 saturated heterocycles. The van der Waals surface area contributed by atoms with Gasteiger partial charge < -0.3 is 20.1 Å². The Bertz CT molecular complexity index is 495. The van der Waals surface area contributed by atoms with Crippen LogP contribution in [0.5, 0.6) is 0 Å². The van der Waals surface area contributed by atoms with Crippen LogP contribution in [0.2, 0.25) is 0 Å². The minimum atomic E-state index is -1.06. The van der Waals surface area contributed by atoms with Gasteiger partial charge in [0.05, 0.1) is 18.8 Å². The number of hydrogen-bond acceptors (Lipinski definition) is 5. The van der Waals surface area contributed by atoms with E-state index in [4.69, 9.17) is 9.84 Å². The molecule has 2 heterocycles. The predicted molar refractivity (Wildman–Crippen MR) is 72.9 cm³/mol. The maximum atomic E-state index is 12.0. The average molecular weight is 299 g/mol. The van der Waals surface area contributed by atoms with Gasteiger partial charge in [0.25, 0.3) is 0 Å². The highest BCUT2D eigenvalue weighted by molar-refractivity contribution is 7.09. The molecule has 1 aliphatic rings. The standard InChI is InChI=1S/C12H17N3O4S/c1-7-4-15(5-8(2)19-7)12(18)13-3-10-14-9(6-20-10)11(16)17/h6-8H,3-5H2,1-2H3,(H,13,18)(H,16,17)/t7-,8+. The molecular formula is C12H17N3O4S. The van der Waals surface area contributed by atoms with Gasteiger partial charge in [-0.3, -0.25) is 0 Å². The van der Waals surface area contributed by atoms with Gasteiger partial charge >= 0.3 is 12.0 Å². The zero-order chi connectivity index (χ0) is 14.7. The second-order valence-electron chi connectivity index (χ2n) is 4.75. The van der Waals surface area contributed by atoms with Gasteiger partial charge in [-0.25, -0.2) is 14.6 Å². The van der Waals surface area contributed by atoms with Crippen LogP contribution in [0.3, 0.4) is 0 Å². The van der Waals surface area contributed by atoms with Gasteiger partial charge in [0.1, 0.15) is 5.01 Å². The number of morpholine rings is 1. The molecule has 20 heavy (non-hydrogen) atoms. The van der Waals surface area contributed by atoms with Crippen molar-refractivity contribution < 1.29 is 19.4 Å². The van der Waals surface area contributed by atoms with E-state index in [0.717, 1.165) is 0 Å². The Morgan fingerprint density at radius 2 is 2.15 bits per heavy atom. The minimum Gasteiger partial charge on any atom is -0.476 e. The van der Waals surface area contributed by atoms with Gasteiger partial charge in [-0.1, -0.05) is 0 Å². The number of nitrogens with zero attached hydrogens (tertiary/aromatic N) is 2. The second-order valence-corrected chi connectivity index (χ2v) is 5.70. The molecule has 2 N–H and O–H groups in total. The van der Waals surface area contributed by atoms with E-state index in [9.17, 15) is 9.59 Å². The Labute approximate surface area is 120 Å². The molecule has 0 saturated carbocycles. The summed E-state index contributed by atoms with van der Waals surface area (Å²) in [5, 5.41) is 13.6. The fourth-order valence-corrected chi connectivity index (χ4v) is 2.80. The van der Waals surface area contributed by atoms with Crippen molar-refractivity contribution in [2.75, 3.05) is 13.1 Å². The molecule has 0 radical (unpaired) electrons. The van der Waals surface area contributed by atoms with E-state index in [0.29, 0.717) is 18.1 Å². The number of carboxylic acid groups (broad SMARTS) is 1. The summed E-state index contributed by atoms with van der Waals surface area (Å²) in [6.45, 7) is 5.19. The van der Waals surface area contributed by atoms with E-state index in [1.165, 1.54) is 16.7 Å². The van der Waals surface area contributed by atoms with Gasteiger partial charge in [-0.15, -0.1) is 11.3 Å². The van der Waals surface area contributed by atoms with Crippen molar-refractivity contribution in [2.45, 2.75) is 32.6 Å². The smallest absolute Gasteiger partial charge is 0.355 e. The summed E-state index contributed by atoms with van der Waals surface area (Å²) in [4.78, 5) is 28.3. The molecule has 7 nitrogen and oxygen atoms in total. The van der Waals surface area contributed by atoms with E-state index in [-0.39, 0.29) is 30.5 Å². The number of thiazole rings is 1. The molecule has 0 bridgehead atoms. The third kappa shape index (κ3) is 3.67. The molecule has 1 aromatic heterocycles. The molecule has 2 amide bonds. The maximum Gasteiger partial charge on any atom is 0.355 e. The lowest BCUT2D eigenvalue weighted by Gasteiger charge is -2.35. The topological polar surface area (TPSA) is 91.8 Å². The Balaban J connectivity index is 1.86. The first-order valence-corrected chi connectivity index (χ1v) is 7.19. The van der Waals surface area contributed by atoms with Gasteiger partial charge in [0.15, 0.2) is 5.69 Å². The molecule has 0 aromatic carbocycles. The third-order valence-corrected chi connectivity index (χ3v) is 3.72. The zero-order valence-electron chi connectivity index (χ0n) is 11.3. The number of carbonyl (C=O) groups is 2. The first-order valence-electron chi connectivity index (χ1n) is 6.31. The highest BCUT2D eigenvalue weighted by atomic mass is 32.1. The van der Waals surface area contributed by atoms with Crippen LogP contribution < -0.4 is 5.32 Å². The van der Waals surface area contributed by atoms with Crippen molar-refractivity contribution in [3.8, 4) is 0 Å². The van der Waals surface area contributed by atoms with Crippen LogP contribution in [0.25, 0.3) is 0 Å². The summed E-state index contributed by atoms with van der Waals surface area (Å²) in [7, 11) is 0. The monoisotopic (exact) mass is 299 g/mol. The minimum absolute atomic E-state index is 0.00728. The quantitative estimate of drug-likeness (QED) is 0.874. The first-order chi connectivity index (χ1) is 9.45. The summed E-state index contributed by atoms with van der Waals surface area (Å²) in [6.07, 6.45) is 0.0333. The number of amides is 2. The molecule has 2 rings (SSSR count). The van der Waals surface area contributed by atoms with Crippen molar-refractivity contribution >= 4 is 23.3 Å². The van der Waals surface area contributed by atoms with Crippen molar-refractivity contribution in [1.82, 2.24) is 15.2 Å². The maximum absolute atomic E-state index is 12.0. The van der Waals surface area contributed by atoms with E-state index in [1.54, 1.807) is 4.90 Å². The summed E-state index contributed by atoms with van der Waals surface area (Å²) >= 11 is 1.22. The molecule has 1 aromatic rings. The van der Waals surface area contributed by atoms with E-state index in [2.05, 4.69) is 10.3 Å². The molecule has 1 fully saturated rings. The number of urea groups is 1. The number of aromatic nitrogens is 1. The van der Waals surface area contributed by atoms with Gasteiger partial charge in [-0.05, 0) is 13.8 Å². The summed E-state index contributed by atoms with van der Waals surface area (Å²) in [6, 6.07) is -0.181. The Morgan fingerprint density at radius 3 is 2.70 bits per heavy atom. The van der Waals surface area contributed by atoms with Crippen LogP contribution in [0.15, 0.2) is 5.38 Å². The average Bonchev–Trinajstić information content (AvgIpc) is 2.83. The highest BCUT2D eigenvalue weighted by Gasteiger charge is 2.25. The normalized spacial score (nSPS) is 22.6. The lowest BCUT2D eigenvalue weighted by atomic mass is 10.2. The molecule has 0 unspecified atom stereocenters. The van der Waals surface area contributed by atoms with Crippen molar-refractivity contribution in [1.29, 1.82) is 0 Å².